The summed E-state index contributed by atoms with van der Waals surface area (Å²) in [7, 11) is -2.37. The standard InChI is InChI=1S/C35H39F4N3O4Si/c1-33(2,3)45-32(43)26(20-23-17-18-29(44-23)35(37,38)39)42-31-25(19-22-13-10-9-11-14-22)41-27(21-40-31)24-15-12-16-28(30(24)36)46-47(7,8)34(4,5)6/h9-18,20-21H,19H2,1-8H3,(H,40,42)/b26-20-. The molecule has 0 aliphatic carbocycles. The Morgan fingerprint density at radius 2 is 1.64 bits per heavy atom. The Bertz CT molecular complexity index is 1760. The van der Waals surface area contributed by atoms with Gasteiger partial charge in [-0.1, -0.05) is 57.2 Å². The van der Waals surface area contributed by atoms with Gasteiger partial charge in [0.15, 0.2) is 11.6 Å². The van der Waals surface area contributed by atoms with Crippen LogP contribution in [0.1, 0.15) is 64.3 Å². The van der Waals surface area contributed by atoms with Crippen LogP contribution in [0, 0.1) is 5.82 Å². The number of carbonyl (C=O) groups excluding carboxylic acids is 1. The highest BCUT2D eigenvalue weighted by Crippen LogP contribution is 2.39. The van der Waals surface area contributed by atoms with Crippen LogP contribution in [0.4, 0.5) is 23.4 Å². The van der Waals surface area contributed by atoms with Crippen molar-refractivity contribution in [2.75, 3.05) is 5.32 Å². The van der Waals surface area contributed by atoms with E-state index in [1.807, 2.05) is 43.4 Å². The molecule has 1 N–H and O–H groups in total. The van der Waals surface area contributed by atoms with Crippen LogP contribution in [0.25, 0.3) is 17.3 Å². The van der Waals surface area contributed by atoms with Crippen LogP contribution in [0.2, 0.25) is 18.1 Å². The molecule has 0 amide bonds. The van der Waals surface area contributed by atoms with E-state index in [1.54, 1.807) is 39.0 Å². The minimum Gasteiger partial charge on any atom is -0.542 e. The number of nitrogens with zero attached hydrogens (tertiary/aromatic N) is 2. The highest BCUT2D eigenvalue weighted by Gasteiger charge is 2.40. The van der Waals surface area contributed by atoms with Gasteiger partial charge in [0.05, 0.1) is 17.6 Å². The van der Waals surface area contributed by atoms with Gasteiger partial charge in [0.1, 0.15) is 22.8 Å². The quantitative estimate of drug-likeness (QED) is 0.0822. The zero-order valence-corrected chi connectivity index (χ0v) is 28.7. The van der Waals surface area contributed by atoms with Gasteiger partial charge in [0, 0.05) is 18.1 Å². The molecule has 4 aromatic rings. The molecule has 0 aliphatic heterocycles. The summed E-state index contributed by atoms with van der Waals surface area (Å²) in [5, 5.41) is 2.74. The Morgan fingerprint density at radius 1 is 0.957 bits per heavy atom. The van der Waals surface area contributed by atoms with Gasteiger partial charge in [-0.3, -0.25) is 0 Å². The van der Waals surface area contributed by atoms with Crippen LogP contribution in [-0.4, -0.2) is 29.9 Å². The maximum absolute atomic E-state index is 16.0. The predicted molar refractivity (Wildman–Crippen MR) is 176 cm³/mol. The maximum atomic E-state index is 16.0. The van der Waals surface area contributed by atoms with Crippen LogP contribution in [0.5, 0.6) is 5.75 Å². The first-order chi connectivity index (χ1) is 21.7. The summed E-state index contributed by atoms with van der Waals surface area (Å²) in [5.74, 6) is -2.66. The number of benzene rings is 2. The third kappa shape index (κ3) is 9.09. The third-order valence-corrected chi connectivity index (χ3v) is 11.9. The van der Waals surface area contributed by atoms with E-state index in [0.29, 0.717) is 5.69 Å². The zero-order valence-electron chi connectivity index (χ0n) is 27.7. The number of ether oxygens (including phenoxy) is 1. The molecule has 0 fully saturated rings. The highest BCUT2D eigenvalue weighted by molar-refractivity contribution is 6.74. The summed E-state index contributed by atoms with van der Waals surface area (Å²) in [6.07, 6.45) is -2.02. The Morgan fingerprint density at radius 3 is 2.23 bits per heavy atom. The Labute approximate surface area is 273 Å². The number of hydrogen-bond acceptors (Lipinski definition) is 7. The molecule has 0 radical (unpaired) electrons. The number of carbonyl (C=O) groups is 1. The van der Waals surface area contributed by atoms with Crippen LogP contribution < -0.4 is 9.74 Å². The van der Waals surface area contributed by atoms with Crippen LogP contribution in [0.3, 0.4) is 0 Å². The van der Waals surface area contributed by atoms with Crippen molar-refractivity contribution >= 4 is 26.2 Å². The zero-order chi connectivity index (χ0) is 34.8. The third-order valence-electron chi connectivity index (χ3n) is 7.53. The topological polar surface area (TPSA) is 86.5 Å². The molecule has 0 atom stereocenters. The normalized spacial score (nSPS) is 13.0. The summed E-state index contributed by atoms with van der Waals surface area (Å²) < 4.78 is 72.4. The van der Waals surface area contributed by atoms with E-state index >= 15 is 4.39 Å². The number of aromatic nitrogens is 2. The first-order valence-corrected chi connectivity index (χ1v) is 17.9. The average molecular weight is 670 g/mol. The molecule has 2 heterocycles. The summed E-state index contributed by atoms with van der Waals surface area (Å²) in [6, 6.07) is 16.0. The van der Waals surface area contributed by atoms with Gasteiger partial charge in [-0.15, -0.1) is 0 Å². The fourth-order valence-corrected chi connectivity index (χ4v) is 5.13. The van der Waals surface area contributed by atoms with E-state index in [0.717, 1.165) is 23.8 Å². The lowest BCUT2D eigenvalue weighted by atomic mass is 10.1. The largest absolute Gasteiger partial charge is 0.542 e. The Hall–Kier alpha value is -4.45. The Kier molecular flexibility index (Phi) is 10.1. The second kappa shape index (κ2) is 13.3. The molecular weight excluding hydrogens is 630 g/mol. The number of rotatable bonds is 9. The average Bonchev–Trinajstić information content (AvgIpc) is 3.43. The van der Waals surface area contributed by atoms with E-state index in [-0.39, 0.29) is 45.7 Å². The number of anilines is 1. The molecule has 47 heavy (non-hydrogen) atoms. The van der Waals surface area contributed by atoms with Gasteiger partial charge >= 0.3 is 12.1 Å². The van der Waals surface area contributed by atoms with Gasteiger partial charge in [0.2, 0.25) is 5.76 Å². The molecule has 2 aromatic carbocycles. The molecule has 0 bridgehead atoms. The van der Waals surface area contributed by atoms with E-state index in [1.165, 1.54) is 6.20 Å². The van der Waals surface area contributed by atoms with Gasteiger partial charge in [-0.2, -0.15) is 13.2 Å². The maximum Gasteiger partial charge on any atom is 0.449 e. The van der Waals surface area contributed by atoms with Crippen LogP contribution in [0.15, 0.2) is 77.0 Å². The second-order valence-electron chi connectivity index (χ2n) is 13.6. The molecule has 0 spiro atoms. The predicted octanol–water partition coefficient (Wildman–Crippen LogP) is 9.66. The molecule has 0 saturated carbocycles. The summed E-state index contributed by atoms with van der Waals surface area (Å²) in [4.78, 5) is 22.5. The molecule has 0 unspecified atom stereocenters. The molecule has 0 saturated heterocycles. The second-order valence-corrected chi connectivity index (χ2v) is 18.3. The number of furan rings is 1. The van der Waals surface area contributed by atoms with Crippen LogP contribution >= 0.6 is 0 Å². The molecule has 7 nitrogen and oxygen atoms in total. The minimum atomic E-state index is -4.71. The van der Waals surface area contributed by atoms with Crippen molar-refractivity contribution in [3.05, 3.63) is 101 Å². The first-order valence-electron chi connectivity index (χ1n) is 15.0. The molecular formula is C35H39F4N3O4Si. The first kappa shape index (κ1) is 35.4. The number of nitrogens with one attached hydrogen (secondary N) is 1. The SMILES string of the molecule is CC(C)(C)OC(=O)/C(=C/c1ccc(C(F)(F)F)o1)Nc1ncc(-c2cccc(O[Si](C)(C)C(C)(C)C)c2F)nc1Cc1ccccc1. The minimum absolute atomic E-state index is 0.117. The molecule has 4 rings (SSSR count). The monoisotopic (exact) mass is 669 g/mol. The fraction of sp³-hybridized carbons (Fsp3) is 0.343. The van der Waals surface area contributed by atoms with Crippen molar-refractivity contribution in [1.82, 2.24) is 9.97 Å². The smallest absolute Gasteiger partial charge is 0.449 e. The van der Waals surface area contributed by atoms with Crippen LogP contribution in [-0.2, 0) is 22.1 Å². The number of alkyl halides is 3. The van der Waals surface area contributed by atoms with Gasteiger partial charge < -0.3 is 18.9 Å². The van der Waals surface area contributed by atoms with E-state index in [2.05, 4.69) is 31.1 Å². The van der Waals surface area contributed by atoms with Crippen molar-refractivity contribution in [3.8, 4) is 17.0 Å². The molecule has 2 aromatic heterocycles. The number of esters is 1. The van der Waals surface area contributed by atoms with Crippen molar-refractivity contribution < 1.29 is 35.9 Å². The molecule has 250 valence electrons. The van der Waals surface area contributed by atoms with Gasteiger partial charge in [-0.05, 0) is 68.7 Å². The molecule has 12 heteroatoms. The van der Waals surface area contributed by atoms with E-state index < -0.39 is 37.6 Å². The fourth-order valence-electron chi connectivity index (χ4n) is 4.12. The Balaban J connectivity index is 1.80. The summed E-state index contributed by atoms with van der Waals surface area (Å²) in [5.41, 5.74) is 0.427. The van der Waals surface area contributed by atoms with Crippen molar-refractivity contribution in [2.45, 2.75) is 77.9 Å². The molecule has 0 aliphatic rings. The van der Waals surface area contributed by atoms with E-state index in [9.17, 15) is 18.0 Å². The van der Waals surface area contributed by atoms with Crippen molar-refractivity contribution in [1.29, 1.82) is 0 Å². The lowest BCUT2D eigenvalue weighted by Gasteiger charge is -2.36. The summed E-state index contributed by atoms with van der Waals surface area (Å²) >= 11 is 0. The van der Waals surface area contributed by atoms with Gasteiger partial charge in [-0.25, -0.2) is 19.2 Å². The van der Waals surface area contributed by atoms with Crippen molar-refractivity contribution in [2.24, 2.45) is 0 Å². The van der Waals surface area contributed by atoms with E-state index in [4.69, 9.17) is 18.6 Å². The van der Waals surface area contributed by atoms with Crippen molar-refractivity contribution in [3.63, 3.8) is 0 Å². The van der Waals surface area contributed by atoms with Gasteiger partial charge in [0.25, 0.3) is 8.32 Å². The lowest BCUT2D eigenvalue weighted by molar-refractivity contribution is -0.153. The number of halogens is 4. The number of hydrogen-bond donors (Lipinski definition) is 1. The lowest BCUT2D eigenvalue weighted by Crippen LogP contribution is -2.44. The summed E-state index contributed by atoms with van der Waals surface area (Å²) in [6.45, 7) is 15.2. The highest BCUT2D eigenvalue weighted by atomic mass is 28.4.